The van der Waals surface area contributed by atoms with E-state index in [0.717, 1.165) is 12.8 Å². The summed E-state index contributed by atoms with van der Waals surface area (Å²) in [6.07, 6.45) is 9.60. The molecule has 28 heavy (non-hydrogen) atoms. The van der Waals surface area contributed by atoms with Crippen LogP contribution < -0.4 is 0 Å². The molecule has 0 heterocycles. The fourth-order valence-corrected chi connectivity index (χ4v) is 3.38. The first-order valence-electron chi connectivity index (χ1n) is 10.1. The van der Waals surface area contributed by atoms with Gasteiger partial charge in [-0.15, -0.1) is 18.4 Å². The maximum Gasteiger partial charge on any atom is 0.305 e. The number of carbonyl (C=O) groups excluding carboxylic acids is 2. The Labute approximate surface area is 168 Å². The van der Waals surface area contributed by atoms with Crippen molar-refractivity contribution in [2.45, 2.75) is 76.4 Å². The molecule has 1 aliphatic carbocycles. The summed E-state index contributed by atoms with van der Waals surface area (Å²) in [4.78, 5) is 23.3. The summed E-state index contributed by atoms with van der Waals surface area (Å²) < 4.78 is 4.58. The number of unbranched alkanes of at least 4 members (excludes halogenated alkanes) is 2. The smallest absolute Gasteiger partial charge is 0.305 e. The van der Waals surface area contributed by atoms with Crippen molar-refractivity contribution in [2.24, 2.45) is 11.8 Å². The van der Waals surface area contributed by atoms with Crippen LogP contribution in [0.4, 0.5) is 0 Å². The molecule has 1 aliphatic rings. The third-order valence-electron chi connectivity index (χ3n) is 5.26. The standard InChI is InChI=1S/C23H34O5/c1-4-6-15-23(27,5-2)16-11-13-19-18(20(24)17-21(19)25)12-9-7-8-10-14-22(26)28-3/h5,11,13,18-19,21,25,27H,2,4,6,8,10,12,14-17H2,1,3H3/t18-,19-,21?,23?/m1/s1. The van der Waals surface area contributed by atoms with Gasteiger partial charge in [0.25, 0.3) is 0 Å². The van der Waals surface area contributed by atoms with Crippen LogP contribution in [0.15, 0.2) is 24.8 Å². The topological polar surface area (TPSA) is 83.8 Å². The van der Waals surface area contributed by atoms with Crippen molar-refractivity contribution < 1.29 is 24.5 Å². The van der Waals surface area contributed by atoms with Crippen molar-refractivity contribution in [3.63, 3.8) is 0 Å². The molecule has 0 spiro atoms. The molecule has 5 nitrogen and oxygen atoms in total. The fraction of sp³-hybridized carbons (Fsp3) is 0.652. The van der Waals surface area contributed by atoms with E-state index in [1.807, 2.05) is 12.2 Å². The first-order chi connectivity index (χ1) is 13.4. The summed E-state index contributed by atoms with van der Waals surface area (Å²) in [5.74, 6) is 5.17. The fourth-order valence-electron chi connectivity index (χ4n) is 3.38. The summed E-state index contributed by atoms with van der Waals surface area (Å²) in [6, 6.07) is 0. The van der Waals surface area contributed by atoms with Crippen LogP contribution in [0.5, 0.6) is 0 Å². The molecular formula is C23H34O5. The van der Waals surface area contributed by atoms with Crippen molar-refractivity contribution in [1.82, 2.24) is 0 Å². The molecule has 0 aromatic heterocycles. The largest absolute Gasteiger partial charge is 0.469 e. The normalized spacial score (nSPS) is 23.9. The third-order valence-corrected chi connectivity index (χ3v) is 5.26. The number of Topliss-reactive ketones (excluding diaryl/α,β-unsaturated/α-hetero) is 1. The maximum atomic E-state index is 12.2. The summed E-state index contributed by atoms with van der Waals surface area (Å²) in [7, 11) is 1.36. The lowest BCUT2D eigenvalue weighted by atomic mass is 9.88. The highest BCUT2D eigenvalue weighted by atomic mass is 16.5. The van der Waals surface area contributed by atoms with Gasteiger partial charge in [0.1, 0.15) is 5.78 Å². The van der Waals surface area contributed by atoms with E-state index in [2.05, 4.69) is 30.1 Å². The lowest BCUT2D eigenvalue weighted by Gasteiger charge is -2.23. The van der Waals surface area contributed by atoms with Crippen LogP contribution in [-0.2, 0) is 14.3 Å². The van der Waals surface area contributed by atoms with Crippen molar-refractivity contribution in [1.29, 1.82) is 0 Å². The van der Waals surface area contributed by atoms with Crippen LogP contribution in [-0.4, -0.2) is 40.8 Å². The monoisotopic (exact) mass is 390 g/mol. The number of rotatable bonds is 11. The predicted molar refractivity (Wildman–Crippen MR) is 109 cm³/mol. The van der Waals surface area contributed by atoms with Gasteiger partial charge in [0.2, 0.25) is 0 Å². The minimum Gasteiger partial charge on any atom is -0.469 e. The Kier molecular flexibility index (Phi) is 10.8. The van der Waals surface area contributed by atoms with E-state index in [-0.39, 0.29) is 30.0 Å². The Hall–Kier alpha value is -1.90. The second-order valence-electron chi connectivity index (χ2n) is 7.45. The summed E-state index contributed by atoms with van der Waals surface area (Å²) >= 11 is 0. The van der Waals surface area contributed by atoms with Crippen LogP contribution in [0.25, 0.3) is 0 Å². The number of methoxy groups -OCH3 is 1. The third kappa shape index (κ3) is 8.00. The summed E-state index contributed by atoms with van der Waals surface area (Å²) in [5, 5.41) is 20.8. The Balaban J connectivity index is 2.60. The zero-order valence-electron chi connectivity index (χ0n) is 17.2. The van der Waals surface area contributed by atoms with Gasteiger partial charge in [-0.1, -0.05) is 38.0 Å². The number of ketones is 1. The maximum absolute atomic E-state index is 12.2. The van der Waals surface area contributed by atoms with Gasteiger partial charge >= 0.3 is 5.97 Å². The summed E-state index contributed by atoms with van der Waals surface area (Å²) in [5.41, 5.74) is -0.949. The number of aliphatic hydroxyl groups excluding tert-OH is 1. The molecule has 0 aromatic rings. The quantitative estimate of drug-likeness (QED) is 0.245. The minimum absolute atomic E-state index is 0.0241. The lowest BCUT2D eigenvalue weighted by Crippen LogP contribution is -2.25. The van der Waals surface area contributed by atoms with Crippen molar-refractivity contribution in [3.8, 4) is 11.8 Å². The van der Waals surface area contributed by atoms with Gasteiger partial charge in [-0.25, -0.2) is 0 Å². The molecule has 5 heteroatoms. The number of ether oxygens (including phenoxy) is 1. The van der Waals surface area contributed by atoms with Crippen LogP contribution in [0.2, 0.25) is 0 Å². The highest BCUT2D eigenvalue weighted by Crippen LogP contribution is 2.33. The first kappa shape index (κ1) is 24.1. The van der Waals surface area contributed by atoms with E-state index < -0.39 is 11.7 Å². The van der Waals surface area contributed by atoms with Gasteiger partial charge in [-0.05, 0) is 19.3 Å². The molecule has 0 amide bonds. The molecule has 2 unspecified atom stereocenters. The Morgan fingerprint density at radius 3 is 2.79 bits per heavy atom. The SMILES string of the molecule is C=CC(O)(CC=C[C@H]1C(O)CC(=O)[C@@H]1CC#CCCCC(=O)OC)CCCC. The van der Waals surface area contributed by atoms with Gasteiger partial charge in [0.15, 0.2) is 0 Å². The van der Waals surface area contributed by atoms with E-state index in [1.165, 1.54) is 7.11 Å². The van der Waals surface area contributed by atoms with E-state index in [9.17, 15) is 19.8 Å². The lowest BCUT2D eigenvalue weighted by molar-refractivity contribution is -0.140. The Bertz CT molecular complexity index is 612. The molecule has 0 saturated heterocycles. The molecule has 0 aliphatic heterocycles. The van der Waals surface area contributed by atoms with E-state index >= 15 is 0 Å². The first-order valence-corrected chi connectivity index (χ1v) is 10.1. The van der Waals surface area contributed by atoms with Crippen LogP contribution in [0.1, 0.15) is 64.7 Å². The predicted octanol–water partition coefficient (Wildman–Crippen LogP) is 3.34. The zero-order chi connectivity index (χ0) is 21.0. The van der Waals surface area contributed by atoms with Gasteiger partial charge in [-0.3, -0.25) is 9.59 Å². The number of carbonyl (C=O) groups is 2. The zero-order valence-corrected chi connectivity index (χ0v) is 17.2. The van der Waals surface area contributed by atoms with Crippen LogP contribution in [0.3, 0.4) is 0 Å². The number of aliphatic hydroxyl groups is 2. The molecule has 2 N–H and O–H groups in total. The Morgan fingerprint density at radius 1 is 1.39 bits per heavy atom. The molecule has 1 fully saturated rings. The number of hydrogen-bond donors (Lipinski definition) is 2. The van der Waals surface area contributed by atoms with Gasteiger partial charge in [0.05, 0.1) is 18.8 Å². The average molecular weight is 391 g/mol. The molecule has 156 valence electrons. The van der Waals surface area contributed by atoms with Crippen LogP contribution >= 0.6 is 0 Å². The highest BCUT2D eigenvalue weighted by Gasteiger charge is 2.39. The van der Waals surface area contributed by atoms with Crippen molar-refractivity contribution in [3.05, 3.63) is 24.8 Å². The molecule has 4 atom stereocenters. The molecule has 1 rings (SSSR count). The highest BCUT2D eigenvalue weighted by molar-refractivity contribution is 5.85. The van der Waals surface area contributed by atoms with Gasteiger partial charge in [0, 0.05) is 37.5 Å². The Morgan fingerprint density at radius 2 is 2.14 bits per heavy atom. The van der Waals surface area contributed by atoms with Crippen LogP contribution in [0, 0.1) is 23.7 Å². The van der Waals surface area contributed by atoms with Crippen molar-refractivity contribution >= 4 is 11.8 Å². The minimum atomic E-state index is -0.949. The molecule has 0 radical (unpaired) electrons. The van der Waals surface area contributed by atoms with Crippen molar-refractivity contribution in [2.75, 3.05) is 7.11 Å². The molecule has 0 aromatic carbocycles. The second-order valence-corrected chi connectivity index (χ2v) is 7.45. The molecule has 0 bridgehead atoms. The number of hydrogen-bond acceptors (Lipinski definition) is 5. The van der Waals surface area contributed by atoms with E-state index in [4.69, 9.17) is 0 Å². The van der Waals surface area contributed by atoms with E-state index in [0.29, 0.717) is 38.5 Å². The molecule has 1 saturated carbocycles. The van der Waals surface area contributed by atoms with E-state index in [1.54, 1.807) is 6.08 Å². The average Bonchev–Trinajstić information content (AvgIpc) is 2.95. The van der Waals surface area contributed by atoms with Gasteiger partial charge < -0.3 is 14.9 Å². The second kappa shape index (κ2) is 12.5. The summed E-state index contributed by atoms with van der Waals surface area (Å²) in [6.45, 7) is 5.80. The molecular weight excluding hydrogens is 356 g/mol. The van der Waals surface area contributed by atoms with Gasteiger partial charge in [-0.2, -0.15) is 0 Å². The number of esters is 1.